The Hall–Kier alpha value is -1.02. The Morgan fingerprint density at radius 1 is 1.31 bits per heavy atom. The molecule has 2 heteroatoms. The fourth-order valence-electron chi connectivity index (χ4n) is 3.22. The van der Waals surface area contributed by atoms with Crippen molar-refractivity contribution in [3.63, 3.8) is 0 Å². The van der Waals surface area contributed by atoms with Crippen LogP contribution in [0.25, 0.3) is 0 Å². The lowest BCUT2D eigenvalue weighted by Gasteiger charge is -2.40. The van der Waals surface area contributed by atoms with E-state index in [2.05, 4.69) is 41.4 Å². The van der Waals surface area contributed by atoms with Gasteiger partial charge < -0.3 is 10.2 Å². The number of fused-ring (bicyclic) bond motifs is 1. The molecule has 0 unspecified atom stereocenters. The summed E-state index contributed by atoms with van der Waals surface area (Å²) in [5, 5.41) is 3.65. The summed E-state index contributed by atoms with van der Waals surface area (Å²) in [5.74, 6) is 0. The molecular formula is C14H20N2. The van der Waals surface area contributed by atoms with E-state index >= 15 is 0 Å². The number of aryl methyl sites for hydroxylation is 1. The van der Waals surface area contributed by atoms with Crippen molar-refractivity contribution in [3.05, 3.63) is 29.8 Å². The van der Waals surface area contributed by atoms with Gasteiger partial charge >= 0.3 is 0 Å². The third-order valence-corrected chi connectivity index (χ3v) is 3.97. The van der Waals surface area contributed by atoms with Gasteiger partial charge in [-0.1, -0.05) is 12.1 Å². The number of rotatable bonds is 1. The van der Waals surface area contributed by atoms with Gasteiger partial charge in [-0.15, -0.1) is 0 Å². The van der Waals surface area contributed by atoms with Gasteiger partial charge in [-0.25, -0.2) is 0 Å². The molecule has 2 aliphatic rings. The van der Waals surface area contributed by atoms with Crippen molar-refractivity contribution in [2.24, 2.45) is 0 Å². The zero-order valence-corrected chi connectivity index (χ0v) is 9.95. The average Bonchev–Trinajstić information content (AvgIpc) is 2.76. The minimum atomic E-state index is 0.731. The highest BCUT2D eigenvalue weighted by Crippen LogP contribution is 2.30. The summed E-state index contributed by atoms with van der Waals surface area (Å²) in [4.78, 5) is 2.61. The number of anilines is 1. The van der Waals surface area contributed by atoms with Crippen molar-refractivity contribution in [2.45, 2.75) is 38.3 Å². The monoisotopic (exact) mass is 216 g/mol. The summed E-state index contributed by atoms with van der Waals surface area (Å²) in [6.07, 6.45) is 4.09. The zero-order chi connectivity index (χ0) is 11.0. The number of hydrogen-bond donors (Lipinski definition) is 1. The zero-order valence-electron chi connectivity index (χ0n) is 9.95. The number of hydrogen-bond acceptors (Lipinski definition) is 2. The smallest absolute Gasteiger partial charge is 0.0443 e. The quantitative estimate of drug-likeness (QED) is 0.775. The van der Waals surface area contributed by atoms with Gasteiger partial charge in [0.25, 0.3) is 0 Å². The number of benzene rings is 1. The molecule has 2 atom stereocenters. The molecule has 0 amide bonds. The Morgan fingerprint density at radius 2 is 2.25 bits per heavy atom. The van der Waals surface area contributed by atoms with E-state index in [1.54, 1.807) is 0 Å². The Labute approximate surface area is 97.6 Å². The molecule has 0 bridgehead atoms. The Balaban J connectivity index is 1.88. The van der Waals surface area contributed by atoms with Gasteiger partial charge in [-0.05, 0) is 43.9 Å². The van der Waals surface area contributed by atoms with Crippen LogP contribution >= 0.6 is 0 Å². The van der Waals surface area contributed by atoms with Crippen molar-refractivity contribution in [1.82, 2.24) is 5.32 Å². The average molecular weight is 216 g/mol. The van der Waals surface area contributed by atoms with E-state index in [9.17, 15) is 0 Å². The van der Waals surface area contributed by atoms with Gasteiger partial charge in [-0.2, -0.15) is 0 Å². The van der Waals surface area contributed by atoms with Gasteiger partial charge in [-0.3, -0.25) is 0 Å². The topological polar surface area (TPSA) is 15.3 Å². The van der Waals surface area contributed by atoms with Crippen LogP contribution in [0.5, 0.6) is 0 Å². The first-order valence-electron chi connectivity index (χ1n) is 6.41. The predicted molar refractivity (Wildman–Crippen MR) is 68.0 cm³/mol. The van der Waals surface area contributed by atoms with Crippen LogP contribution in [0.4, 0.5) is 5.69 Å². The highest BCUT2D eigenvalue weighted by atomic mass is 15.2. The van der Waals surface area contributed by atoms with Crippen LogP contribution in [0.1, 0.15) is 24.8 Å². The molecule has 1 heterocycles. The predicted octanol–water partition coefficient (Wildman–Crippen LogP) is 2.33. The van der Waals surface area contributed by atoms with Crippen LogP contribution in [0.3, 0.4) is 0 Å². The second kappa shape index (κ2) is 4.10. The summed E-state index contributed by atoms with van der Waals surface area (Å²) >= 11 is 0. The molecule has 1 saturated carbocycles. The van der Waals surface area contributed by atoms with E-state index in [4.69, 9.17) is 0 Å². The third-order valence-electron chi connectivity index (χ3n) is 3.97. The molecule has 1 aromatic rings. The lowest BCUT2D eigenvalue weighted by Crippen LogP contribution is -2.55. The second-order valence-electron chi connectivity index (χ2n) is 5.09. The van der Waals surface area contributed by atoms with E-state index in [1.165, 1.54) is 30.5 Å². The maximum atomic E-state index is 3.65. The Morgan fingerprint density at radius 3 is 3.12 bits per heavy atom. The summed E-state index contributed by atoms with van der Waals surface area (Å²) in [5.41, 5.74) is 2.78. The Kier molecular flexibility index (Phi) is 2.60. The van der Waals surface area contributed by atoms with Gasteiger partial charge in [0.05, 0.1) is 0 Å². The first-order valence-corrected chi connectivity index (χ1v) is 6.41. The molecule has 2 nitrogen and oxygen atoms in total. The van der Waals surface area contributed by atoms with Crippen LogP contribution in [-0.4, -0.2) is 25.2 Å². The molecule has 0 aromatic heterocycles. The molecule has 1 aliphatic heterocycles. The second-order valence-corrected chi connectivity index (χ2v) is 5.09. The van der Waals surface area contributed by atoms with Gasteiger partial charge in [0.1, 0.15) is 0 Å². The largest absolute Gasteiger partial charge is 0.366 e. The molecule has 0 radical (unpaired) electrons. The van der Waals surface area contributed by atoms with Gasteiger partial charge in [0.15, 0.2) is 0 Å². The van der Waals surface area contributed by atoms with Gasteiger partial charge in [0.2, 0.25) is 0 Å². The third kappa shape index (κ3) is 1.71. The van der Waals surface area contributed by atoms with Crippen molar-refractivity contribution >= 4 is 5.69 Å². The van der Waals surface area contributed by atoms with E-state index in [0.29, 0.717) is 0 Å². The number of nitrogens with one attached hydrogen (secondary N) is 1. The molecule has 2 fully saturated rings. The molecule has 1 aromatic carbocycles. The molecule has 1 saturated heterocycles. The van der Waals surface area contributed by atoms with E-state index < -0.39 is 0 Å². The molecule has 86 valence electrons. The highest BCUT2D eigenvalue weighted by molar-refractivity contribution is 5.50. The maximum Gasteiger partial charge on any atom is 0.0443 e. The van der Waals surface area contributed by atoms with Crippen LogP contribution in [0.15, 0.2) is 24.3 Å². The first kappa shape index (κ1) is 10.2. The summed E-state index contributed by atoms with van der Waals surface area (Å²) in [6, 6.07) is 10.4. The summed E-state index contributed by atoms with van der Waals surface area (Å²) in [6.45, 7) is 4.47. The first-order chi connectivity index (χ1) is 7.84. The Bertz CT molecular complexity index is 375. The fraction of sp³-hybridized carbons (Fsp3) is 0.571. The number of nitrogens with zero attached hydrogens (tertiary/aromatic N) is 1. The molecule has 0 spiro atoms. The number of piperazine rings is 1. The minimum Gasteiger partial charge on any atom is -0.366 e. The van der Waals surface area contributed by atoms with Crippen molar-refractivity contribution < 1.29 is 0 Å². The maximum absolute atomic E-state index is 3.65. The molecule has 1 N–H and O–H groups in total. The van der Waals surface area contributed by atoms with Crippen molar-refractivity contribution in [2.75, 3.05) is 18.0 Å². The van der Waals surface area contributed by atoms with Crippen molar-refractivity contribution in [3.8, 4) is 0 Å². The normalized spacial score (nSPS) is 29.2. The SMILES string of the molecule is Cc1cccc(N2CCN[C@H]3CCC[C@H]32)c1. The van der Waals surface area contributed by atoms with Gasteiger partial charge in [0, 0.05) is 30.9 Å². The molecule has 16 heavy (non-hydrogen) atoms. The lowest BCUT2D eigenvalue weighted by atomic mass is 10.1. The molecular weight excluding hydrogens is 196 g/mol. The standard InChI is InChI=1S/C14H20N2/c1-11-4-2-5-12(10-11)16-9-8-15-13-6-3-7-14(13)16/h2,4-5,10,13-15H,3,6-9H2,1H3/t13-,14+/m0/s1. The van der Waals surface area contributed by atoms with Crippen LogP contribution in [-0.2, 0) is 0 Å². The molecule has 1 aliphatic carbocycles. The van der Waals surface area contributed by atoms with E-state index in [1.807, 2.05) is 0 Å². The van der Waals surface area contributed by atoms with E-state index in [-0.39, 0.29) is 0 Å². The van der Waals surface area contributed by atoms with Crippen LogP contribution in [0.2, 0.25) is 0 Å². The van der Waals surface area contributed by atoms with Crippen molar-refractivity contribution in [1.29, 1.82) is 0 Å². The molecule has 3 rings (SSSR count). The lowest BCUT2D eigenvalue weighted by molar-refractivity contribution is 0.404. The fourth-order valence-corrected chi connectivity index (χ4v) is 3.22. The minimum absolute atomic E-state index is 0.731. The summed E-state index contributed by atoms with van der Waals surface area (Å²) in [7, 11) is 0. The van der Waals surface area contributed by atoms with E-state index in [0.717, 1.165) is 25.2 Å². The summed E-state index contributed by atoms with van der Waals surface area (Å²) < 4.78 is 0. The van der Waals surface area contributed by atoms with Crippen LogP contribution in [0, 0.1) is 6.92 Å². The highest BCUT2D eigenvalue weighted by Gasteiger charge is 2.34. The van der Waals surface area contributed by atoms with Crippen LogP contribution < -0.4 is 10.2 Å².